The van der Waals surface area contributed by atoms with Crippen LogP contribution in [0.1, 0.15) is 18.5 Å². The van der Waals surface area contributed by atoms with Crippen molar-refractivity contribution in [3.05, 3.63) is 59.9 Å². The minimum absolute atomic E-state index is 0.0725. The highest BCUT2D eigenvalue weighted by Crippen LogP contribution is 2.31. The lowest BCUT2D eigenvalue weighted by molar-refractivity contribution is 0.367. The van der Waals surface area contributed by atoms with Gasteiger partial charge in [-0.05, 0) is 31.2 Å². The van der Waals surface area contributed by atoms with E-state index in [0.29, 0.717) is 5.75 Å². The molecule has 0 aliphatic heterocycles. The molecule has 118 valence electrons. The molecular weight excluding hydrogens is 305 g/mol. The summed E-state index contributed by atoms with van der Waals surface area (Å²) in [4.78, 5) is -0.0725. The Hall–Kier alpha value is -1.92. The van der Waals surface area contributed by atoms with Gasteiger partial charge in [0.15, 0.2) is 0 Å². The molecule has 0 bridgehead atoms. The Balaban J connectivity index is 2.40. The van der Waals surface area contributed by atoms with Crippen molar-refractivity contribution in [2.45, 2.75) is 17.9 Å². The highest BCUT2D eigenvalue weighted by molar-refractivity contribution is 7.89. The molecule has 0 heterocycles. The molecule has 0 amide bonds. The average molecular weight is 323 g/mol. The number of para-hydroxylation sites is 1. The van der Waals surface area contributed by atoms with Crippen molar-refractivity contribution < 1.29 is 17.5 Å². The van der Waals surface area contributed by atoms with Crippen LogP contribution in [0.25, 0.3) is 0 Å². The molecule has 1 atom stereocenters. The van der Waals surface area contributed by atoms with Crippen molar-refractivity contribution in [3.8, 4) is 5.75 Å². The van der Waals surface area contributed by atoms with Gasteiger partial charge in [0.2, 0.25) is 10.0 Å². The monoisotopic (exact) mass is 323 g/mol. The van der Waals surface area contributed by atoms with Crippen LogP contribution in [0.15, 0.2) is 53.4 Å². The zero-order chi connectivity index (χ0) is 16.3. The van der Waals surface area contributed by atoms with E-state index in [1.807, 2.05) is 12.1 Å². The molecule has 2 aromatic carbocycles. The Labute approximate surface area is 130 Å². The zero-order valence-corrected chi connectivity index (χ0v) is 13.5. The maximum absolute atomic E-state index is 13.3. The predicted octanol–water partition coefficient (Wildman–Crippen LogP) is 3.22. The molecule has 6 heteroatoms. The van der Waals surface area contributed by atoms with Crippen molar-refractivity contribution in [2.24, 2.45) is 0 Å². The second kappa shape index (κ2) is 6.46. The number of rotatable bonds is 5. The molecule has 0 radical (unpaired) electrons. The van der Waals surface area contributed by atoms with Crippen LogP contribution in [0.2, 0.25) is 0 Å². The van der Waals surface area contributed by atoms with E-state index < -0.39 is 21.9 Å². The molecule has 0 saturated heterocycles. The van der Waals surface area contributed by atoms with Crippen LogP contribution in [0.3, 0.4) is 0 Å². The van der Waals surface area contributed by atoms with Crippen LogP contribution in [0, 0.1) is 5.82 Å². The van der Waals surface area contributed by atoms with Gasteiger partial charge in [-0.2, -0.15) is 4.31 Å². The van der Waals surface area contributed by atoms with Gasteiger partial charge in [-0.3, -0.25) is 0 Å². The molecule has 2 rings (SSSR count). The lowest BCUT2D eigenvalue weighted by atomic mass is 10.1. The van der Waals surface area contributed by atoms with Gasteiger partial charge in [0, 0.05) is 12.6 Å². The van der Waals surface area contributed by atoms with Gasteiger partial charge >= 0.3 is 0 Å². The van der Waals surface area contributed by atoms with Gasteiger partial charge in [0.25, 0.3) is 0 Å². The molecule has 0 aliphatic rings. The van der Waals surface area contributed by atoms with Crippen LogP contribution >= 0.6 is 0 Å². The zero-order valence-electron chi connectivity index (χ0n) is 12.7. The van der Waals surface area contributed by atoms with Crippen molar-refractivity contribution in [2.75, 3.05) is 14.2 Å². The first kappa shape index (κ1) is 16.5. The largest absolute Gasteiger partial charge is 0.496 e. The Bertz CT molecular complexity index is 761. The maximum Gasteiger partial charge on any atom is 0.243 e. The molecule has 22 heavy (non-hydrogen) atoms. The van der Waals surface area contributed by atoms with Crippen LogP contribution in [0.4, 0.5) is 4.39 Å². The highest BCUT2D eigenvalue weighted by atomic mass is 32.2. The van der Waals surface area contributed by atoms with E-state index in [1.165, 1.54) is 36.7 Å². The molecule has 2 aromatic rings. The van der Waals surface area contributed by atoms with Gasteiger partial charge in [-0.1, -0.05) is 24.3 Å². The molecule has 0 N–H and O–H groups in total. The number of methoxy groups -OCH3 is 1. The van der Waals surface area contributed by atoms with E-state index in [1.54, 1.807) is 19.1 Å². The Morgan fingerprint density at radius 3 is 2.45 bits per heavy atom. The lowest BCUT2D eigenvalue weighted by Gasteiger charge is -2.26. The molecule has 0 saturated carbocycles. The van der Waals surface area contributed by atoms with Gasteiger partial charge in [-0.25, -0.2) is 12.8 Å². The quantitative estimate of drug-likeness (QED) is 0.849. The summed E-state index contributed by atoms with van der Waals surface area (Å²) in [5.74, 6) is 0.0238. The van der Waals surface area contributed by atoms with E-state index in [4.69, 9.17) is 4.74 Å². The number of ether oxygens (including phenoxy) is 1. The molecular formula is C16H18FNO3S. The third-order valence-corrected chi connectivity index (χ3v) is 5.53. The second-order valence-corrected chi connectivity index (χ2v) is 6.89. The summed E-state index contributed by atoms with van der Waals surface area (Å²) in [7, 11) is -0.792. The van der Waals surface area contributed by atoms with Gasteiger partial charge in [0.05, 0.1) is 18.0 Å². The lowest BCUT2D eigenvalue weighted by Crippen LogP contribution is -2.30. The maximum atomic E-state index is 13.3. The van der Waals surface area contributed by atoms with Crippen molar-refractivity contribution in [1.82, 2.24) is 4.31 Å². The highest BCUT2D eigenvalue weighted by Gasteiger charge is 2.28. The first-order valence-electron chi connectivity index (χ1n) is 6.74. The summed E-state index contributed by atoms with van der Waals surface area (Å²) in [5, 5.41) is 0. The van der Waals surface area contributed by atoms with E-state index in [2.05, 4.69) is 0 Å². The number of halogens is 1. The van der Waals surface area contributed by atoms with E-state index in [-0.39, 0.29) is 4.90 Å². The first-order chi connectivity index (χ1) is 10.4. The molecule has 4 nitrogen and oxygen atoms in total. The van der Waals surface area contributed by atoms with Crippen LogP contribution in [-0.4, -0.2) is 26.9 Å². The van der Waals surface area contributed by atoms with Crippen LogP contribution < -0.4 is 4.74 Å². The fourth-order valence-electron chi connectivity index (χ4n) is 2.21. The van der Waals surface area contributed by atoms with Gasteiger partial charge in [0.1, 0.15) is 11.6 Å². The van der Waals surface area contributed by atoms with E-state index >= 15 is 0 Å². The number of sulfonamides is 1. The van der Waals surface area contributed by atoms with Crippen molar-refractivity contribution in [1.29, 1.82) is 0 Å². The fraction of sp³-hybridized carbons (Fsp3) is 0.250. The summed E-state index contributed by atoms with van der Waals surface area (Å²) in [6, 6.07) is 11.7. The summed E-state index contributed by atoms with van der Waals surface area (Å²) < 4.78 is 45.0. The predicted molar refractivity (Wildman–Crippen MR) is 82.8 cm³/mol. The molecule has 0 spiro atoms. The number of hydrogen-bond acceptors (Lipinski definition) is 3. The van der Waals surface area contributed by atoms with E-state index in [0.717, 1.165) is 11.6 Å². The standard InChI is InChI=1S/C16H18FNO3S/c1-12(15-9-4-5-10-16(15)21-3)18(2)22(19,20)14-8-6-7-13(17)11-14/h4-12H,1-3H3/t12-/m1/s1. The smallest absolute Gasteiger partial charge is 0.243 e. The van der Waals surface area contributed by atoms with Crippen molar-refractivity contribution in [3.63, 3.8) is 0 Å². The normalized spacial score (nSPS) is 13.1. The first-order valence-corrected chi connectivity index (χ1v) is 8.18. The molecule has 0 aromatic heterocycles. The summed E-state index contributed by atoms with van der Waals surface area (Å²) in [6.45, 7) is 1.76. The number of benzene rings is 2. The summed E-state index contributed by atoms with van der Waals surface area (Å²) in [6.07, 6.45) is 0. The van der Waals surface area contributed by atoms with Crippen LogP contribution in [0.5, 0.6) is 5.75 Å². The Kier molecular flexibility index (Phi) is 4.83. The van der Waals surface area contributed by atoms with Gasteiger partial charge < -0.3 is 4.74 Å². The number of hydrogen-bond donors (Lipinski definition) is 0. The average Bonchev–Trinajstić information content (AvgIpc) is 2.53. The number of nitrogens with zero attached hydrogens (tertiary/aromatic N) is 1. The van der Waals surface area contributed by atoms with Crippen LogP contribution in [-0.2, 0) is 10.0 Å². The third kappa shape index (κ3) is 3.13. The topological polar surface area (TPSA) is 46.6 Å². The molecule has 0 aliphatic carbocycles. The second-order valence-electron chi connectivity index (χ2n) is 4.90. The minimum Gasteiger partial charge on any atom is -0.496 e. The fourth-order valence-corrected chi connectivity index (χ4v) is 3.58. The van der Waals surface area contributed by atoms with E-state index in [9.17, 15) is 12.8 Å². The SMILES string of the molecule is COc1ccccc1[C@@H](C)N(C)S(=O)(=O)c1cccc(F)c1. The summed E-state index contributed by atoms with van der Waals surface area (Å²) >= 11 is 0. The molecule has 0 unspecified atom stereocenters. The molecule has 0 fully saturated rings. The minimum atomic E-state index is -3.80. The third-order valence-electron chi connectivity index (χ3n) is 3.61. The Morgan fingerprint density at radius 2 is 1.82 bits per heavy atom. The Morgan fingerprint density at radius 1 is 1.14 bits per heavy atom. The summed E-state index contributed by atoms with van der Waals surface area (Å²) in [5.41, 5.74) is 0.743. The van der Waals surface area contributed by atoms with Gasteiger partial charge in [-0.15, -0.1) is 0 Å². The van der Waals surface area contributed by atoms with Crippen molar-refractivity contribution >= 4 is 10.0 Å².